The maximum atomic E-state index is 5.15. The Balaban J connectivity index is 2.16. The highest BCUT2D eigenvalue weighted by molar-refractivity contribution is 5.84. The summed E-state index contributed by atoms with van der Waals surface area (Å²) in [6, 6.07) is 4.50. The van der Waals surface area contributed by atoms with Crippen molar-refractivity contribution >= 4 is 22.7 Å². The zero-order valence-corrected chi connectivity index (χ0v) is 20.7. The molecule has 31 heavy (non-hydrogen) atoms. The molecule has 0 saturated carbocycles. The first-order chi connectivity index (χ1) is 14.8. The summed E-state index contributed by atoms with van der Waals surface area (Å²) in [5.41, 5.74) is 8.50. The summed E-state index contributed by atoms with van der Waals surface area (Å²) in [5.74, 6) is 0.800. The second kappa shape index (κ2) is 9.82. The van der Waals surface area contributed by atoms with Gasteiger partial charge < -0.3 is 14.4 Å². The molecule has 0 amide bonds. The van der Waals surface area contributed by atoms with E-state index in [4.69, 9.17) is 9.97 Å². The Bertz CT molecular complexity index is 1020. The Morgan fingerprint density at radius 2 is 1.61 bits per heavy atom. The summed E-state index contributed by atoms with van der Waals surface area (Å²) in [7, 11) is 4.24. The average Bonchev–Trinajstić information content (AvgIpc) is 3.01. The lowest BCUT2D eigenvalue weighted by Gasteiger charge is -2.26. The molecule has 0 atom stereocenters. The molecule has 2 heterocycles. The fraction of sp³-hybridized carbons (Fsp3) is 0.538. The first-order valence-corrected chi connectivity index (χ1v) is 11.6. The van der Waals surface area contributed by atoms with Crippen LogP contribution in [0.4, 0.5) is 11.6 Å². The van der Waals surface area contributed by atoms with E-state index in [-0.39, 0.29) is 0 Å². The van der Waals surface area contributed by atoms with Gasteiger partial charge >= 0.3 is 0 Å². The number of anilines is 2. The molecule has 0 unspecified atom stereocenters. The minimum atomic E-state index is 0.800. The lowest BCUT2D eigenvalue weighted by Crippen LogP contribution is -2.21. The fourth-order valence-corrected chi connectivity index (χ4v) is 4.72. The van der Waals surface area contributed by atoms with Crippen LogP contribution in [-0.2, 0) is 13.1 Å². The maximum absolute atomic E-state index is 5.15. The number of rotatable bonds is 9. The van der Waals surface area contributed by atoms with E-state index in [2.05, 4.69) is 88.3 Å². The molecule has 5 heteroatoms. The molecule has 5 nitrogen and oxygen atoms in total. The SMILES string of the molecule is CCCCCn1cc(CN(C)C)c2c(C)nc(N(CC)c3c(C)cc(C)cc3C)nc21. The smallest absolute Gasteiger partial charge is 0.232 e. The Hall–Kier alpha value is -2.40. The van der Waals surface area contributed by atoms with E-state index in [0.29, 0.717) is 0 Å². The van der Waals surface area contributed by atoms with Gasteiger partial charge in [0.15, 0.2) is 0 Å². The van der Waals surface area contributed by atoms with Gasteiger partial charge in [-0.25, -0.2) is 4.98 Å². The molecule has 0 fully saturated rings. The van der Waals surface area contributed by atoms with Crippen molar-refractivity contribution in [3.63, 3.8) is 0 Å². The van der Waals surface area contributed by atoms with E-state index < -0.39 is 0 Å². The number of hydrogen-bond donors (Lipinski definition) is 0. The minimum absolute atomic E-state index is 0.800. The van der Waals surface area contributed by atoms with Gasteiger partial charge in [0, 0.05) is 36.9 Å². The van der Waals surface area contributed by atoms with Gasteiger partial charge in [0.05, 0.1) is 5.69 Å². The van der Waals surface area contributed by atoms with Gasteiger partial charge in [-0.15, -0.1) is 0 Å². The minimum Gasteiger partial charge on any atom is -0.332 e. The van der Waals surface area contributed by atoms with Crippen molar-refractivity contribution in [2.24, 2.45) is 0 Å². The van der Waals surface area contributed by atoms with Crippen LogP contribution in [0.1, 0.15) is 61.1 Å². The lowest BCUT2D eigenvalue weighted by molar-refractivity contribution is 0.403. The van der Waals surface area contributed by atoms with Crippen molar-refractivity contribution < 1.29 is 0 Å². The first-order valence-electron chi connectivity index (χ1n) is 11.6. The summed E-state index contributed by atoms with van der Waals surface area (Å²) >= 11 is 0. The van der Waals surface area contributed by atoms with Gasteiger partial charge in [0.1, 0.15) is 5.65 Å². The molecule has 0 N–H and O–H groups in total. The van der Waals surface area contributed by atoms with Gasteiger partial charge in [-0.05, 0) is 71.8 Å². The van der Waals surface area contributed by atoms with Crippen molar-refractivity contribution in [1.82, 2.24) is 19.4 Å². The van der Waals surface area contributed by atoms with Crippen LogP contribution in [0.25, 0.3) is 11.0 Å². The number of aromatic nitrogens is 3. The monoisotopic (exact) mass is 421 g/mol. The van der Waals surface area contributed by atoms with Crippen molar-refractivity contribution in [1.29, 1.82) is 0 Å². The highest BCUT2D eigenvalue weighted by atomic mass is 15.3. The molecular formula is C26H39N5. The maximum Gasteiger partial charge on any atom is 0.232 e. The summed E-state index contributed by atoms with van der Waals surface area (Å²) in [6.07, 6.45) is 5.93. The number of hydrogen-bond acceptors (Lipinski definition) is 4. The third-order valence-corrected chi connectivity index (χ3v) is 5.92. The zero-order chi connectivity index (χ0) is 22.7. The van der Waals surface area contributed by atoms with Crippen LogP contribution < -0.4 is 4.90 Å². The zero-order valence-electron chi connectivity index (χ0n) is 20.7. The van der Waals surface area contributed by atoms with Crippen LogP contribution in [0.2, 0.25) is 0 Å². The molecule has 168 valence electrons. The molecule has 0 aliphatic rings. The van der Waals surface area contributed by atoms with Gasteiger partial charge in [-0.1, -0.05) is 37.5 Å². The van der Waals surface area contributed by atoms with E-state index in [1.807, 2.05) is 0 Å². The summed E-state index contributed by atoms with van der Waals surface area (Å²) < 4.78 is 2.35. The molecule has 0 spiro atoms. The van der Waals surface area contributed by atoms with Crippen LogP contribution >= 0.6 is 0 Å². The number of nitrogens with zero attached hydrogens (tertiary/aromatic N) is 5. The van der Waals surface area contributed by atoms with Crippen LogP contribution in [0.15, 0.2) is 18.3 Å². The molecule has 0 saturated heterocycles. The first kappa shape index (κ1) is 23.3. The number of benzene rings is 1. The number of aryl methyl sites for hydroxylation is 5. The highest BCUT2D eigenvalue weighted by Gasteiger charge is 2.20. The highest BCUT2D eigenvalue weighted by Crippen LogP contribution is 2.33. The van der Waals surface area contributed by atoms with Gasteiger partial charge in [-0.2, -0.15) is 4.98 Å². The van der Waals surface area contributed by atoms with E-state index >= 15 is 0 Å². The second-order valence-electron chi connectivity index (χ2n) is 9.09. The quantitative estimate of drug-likeness (QED) is 0.393. The van der Waals surface area contributed by atoms with E-state index in [1.165, 1.54) is 52.6 Å². The molecule has 0 aliphatic carbocycles. The van der Waals surface area contributed by atoms with E-state index in [1.54, 1.807) is 0 Å². The molecule has 3 rings (SSSR count). The normalized spacial score (nSPS) is 11.6. The average molecular weight is 422 g/mol. The Kier molecular flexibility index (Phi) is 7.37. The van der Waals surface area contributed by atoms with Gasteiger partial charge in [0.25, 0.3) is 0 Å². The number of fused-ring (bicyclic) bond motifs is 1. The van der Waals surface area contributed by atoms with Crippen molar-refractivity contribution in [3.8, 4) is 0 Å². The van der Waals surface area contributed by atoms with Crippen LogP contribution in [0, 0.1) is 27.7 Å². The lowest BCUT2D eigenvalue weighted by atomic mass is 10.0. The fourth-order valence-electron chi connectivity index (χ4n) is 4.72. The molecule has 1 aromatic carbocycles. The predicted molar refractivity (Wildman–Crippen MR) is 133 cm³/mol. The Labute approximate surface area is 188 Å². The number of unbranched alkanes of at least 4 members (excludes halogenated alkanes) is 2. The van der Waals surface area contributed by atoms with E-state index in [0.717, 1.165) is 36.9 Å². The van der Waals surface area contributed by atoms with Gasteiger partial charge in [-0.3, -0.25) is 0 Å². The van der Waals surface area contributed by atoms with Crippen LogP contribution in [-0.4, -0.2) is 40.1 Å². The Morgan fingerprint density at radius 1 is 0.935 bits per heavy atom. The molecule has 0 aliphatic heterocycles. The van der Waals surface area contributed by atoms with E-state index in [9.17, 15) is 0 Å². The summed E-state index contributed by atoms with van der Waals surface area (Å²) in [4.78, 5) is 14.7. The third kappa shape index (κ3) is 4.93. The van der Waals surface area contributed by atoms with Crippen LogP contribution in [0.3, 0.4) is 0 Å². The van der Waals surface area contributed by atoms with Crippen molar-refractivity contribution in [2.75, 3.05) is 25.5 Å². The third-order valence-electron chi connectivity index (χ3n) is 5.92. The van der Waals surface area contributed by atoms with Crippen LogP contribution in [0.5, 0.6) is 0 Å². The largest absolute Gasteiger partial charge is 0.332 e. The Morgan fingerprint density at radius 3 is 2.19 bits per heavy atom. The molecule has 3 aromatic rings. The summed E-state index contributed by atoms with van der Waals surface area (Å²) in [6.45, 7) is 15.8. The van der Waals surface area contributed by atoms with Crippen molar-refractivity contribution in [3.05, 3.63) is 46.3 Å². The standard InChI is InChI=1S/C26H39N5/c1-9-11-12-13-30-17-22(16-29(7)8)23-21(6)27-26(28-25(23)30)31(10-2)24-19(4)14-18(3)15-20(24)5/h14-15,17H,9-13,16H2,1-8H3. The molecular weight excluding hydrogens is 382 g/mol. The van der Waals surface area contributed by atoms with Gasteiger partial charge in [0.2, 0.25) is 5.95 Å². The predicted octanol–water partition coefficient (Wildman–Crippen LogP) is 6.07. The topological polar surface area (TPSA) is 37.2 Å². The molecule has 2 aromatic heterocycles. The van der Waals surface area contributed by atoms with Crippen molar-refractivity contribution in [2.45, 2.75) is 73.9 Å². The molecule has 0 bridgehead atoms. The molecule has 0 radical (unpaired) electrons. The summed E-state index contributed by atoms with van der Waals surface area (Å²) in [5, 5.41) is 1.21. The second-order valence-corrected chi connectivity index (χ2v) is 9.09.